The SMILES string of the molecule is COC(=O)C(C)(C#N)c1c(OC)cc(C)c2c1ccn2C(=O)O. The Balaban J connectivity index is 2.98. The van der Waals surface area contributed by atoms with E-state index in [0.29, 0.717) is 22.2 Å². The van der Waals surface area contributed by atoms with E-state index in [0.717, 1.165) is 4.57 Å². The van der Waals surface area contributed by atoms with Crippen LogP contribution in [-0.4, -0.2) is 36.0 Å². The van der Waals surface area contributed by atoms with Crippen molar-refractivity contribution < 1.29 is 24.2 Å². The van der Waals surface area contributed by atoms with E-state index in [-0.39, 0.29) is 5.56 Å². The summed E-state index contributed by atoms with van der Waals surface area (Å²) < 4.78 is 11.1. The number of fused-ring (bicyclic) bond motifs is 1. The summed E-state index contributed by atoms with van der Waals surface area (Å²) in [4.78, 5) is 23.6. The highest BCUT2D eigenvalue weighted by Crippen LogP contribution is 2.40. The van der Waals surface area contributed by atoms with Crippen molar-refractivity contribution in [1.29, 1.82) is 5.26 Å². The highest BCUT2D eigenvalue weighted by molar-refractivity contribution is 6.00. The van der Waals surface area contributed by atoms with Crippen LogP contribution in [0.3, 0.4) is 0 Å². The molecule has 0 saturated carbocycles. The first-order valence-corrected chi connectivity index (χ1v) is 6.73. The number of benzene rings is 1. The maximum Gasteiger partial charge on any atom is 0.416 e. The number of aryl methyl sites for hydroxylation is 1. The van der Waals surface area contributed by atoms with Crippen molar-refractivity contribution in [3.63, 3.8) is 0 Å². The minimum atomic E-state index is -1.63. The molecule has 0 aliphatic carbocycles. The lowest BCUT2D eigenvalue weighted by Crippen LogP contribution is -2.33. The number of hydrogen-bond acceptors (Lipinski definition) is 5. The number of methoxy groups -OCH3 is 2. The highest BCUT2D eigenvalue weighted by atomic mass is 16.5. The fraction of sp³-hybridized carbons (Fsp3) is 0.312. The third kappa shape index (κ3) is 2.28. The van der Waals surface area contributed by atoms with E-state index >= 15 is 0 Å². The largest absolute Gasteiger partial charge is 0.496 e. The zero-order valence-corrected chi connectivity index (χ0v) is 13.2. The van der Waals surface area contributed by atoms with Gasteiger partial charge in [-0.2, -0.15) is 5.26 Å². The van der Waals surface area contributed by atoms with E-state index in [1.807, 2.05) is 6.07 Å². The van der Waals surface area contributed by atoms with Crippen LogP contribution in [0, 0.1) is 18.3 Å². The van der Waals surface area contributed by atoms with Crippen molar-refractivity contribution in [2.45, 2.75) is 19.3 Å². The third-order valence-corrected chi connectivity index (χ3v) is 3.87. The predicted molar refractivity (Wildman–Crippen MR) is 81.6 cm³/mol. The second kappa shape index (κ2) is 5.65. The molecule has 7 nitrogen and oxygen atoms in total. The average molecular weight is 316 g/mol. The molecule has 1 N–H and O–H groups in total. The van der Waals surface area contributed by atoms with E-state index in [4.69, 9.17) is 9.47 Å². The Morgan fingerprint density at radius 3 is 2.52 bits per heavy atom. The minimum absolute atomic E-state index is 0.287. The van der Waals surface area contributed by atoms with E-state index in [2.05, 4.69) is 0 Å². The lowest BCUT2D eigenvalue weighted by Gasteiger charge is -2.23. The van der Waals surface area contributed by atoms with Crippen LogP contribution in [0.15, 0.2) is 18.3 Å². The summed E-state index contributed by atoms with van der Waals surface area (Å²) in [6.45, 7) is 3.15. The summed E-state index contributed by atoms with van der Waals surface area (Å²) in [6, 6.07) is 5.11. The molecule has 1 aromatic carbocycles. The van der Waals surface area contributed by atoms with Gasteiger partial charge < -0.3 is 14.6 Å². The maximum atomic E-state index is 12.2. The number of carbonyl (C=O) groups excluding carboxylic acids is 1. The zero-order valence-electron chi connectivity index (χ0n) is 13.2. The Bertz CT molecular complexity index is 846. The average Bonchev–Trinajstić information content (AvgIpc) is 2.98. The summed E-state index contributed by atoms with van der Waals surface area (Å²) in [5, 5.41) is 19.3. The molecule has 0 radical (unpaired) electrons. The quantitative estimate of drug-likeness (QED) is 0.873. The van der Waals surface area contributed by atoms with Gasteiger partial charge >= 0.3 is 12.1 Å². The number of nitrogens with zero attached hydrogens (tertiary/aromatic N) is 2. The molecule has 0 spiro atoms. The molecule has 23 heavy (non-hydrogen) atoms. The smallest absolute Gasteiger partial charge is 0.416 e. The molecular formula is C16H16N2O5. The molecule has 1 atom stereocenters. The fourth-order valence-electron chi connectivity index (χ4n) is 2.75. The molecule has 0 aliphatic heterocycles. The summed E-state index contributed by atoms with van der Waals surface area (Å²) in [7, 11) is 2.62. The zero-order chi connectivity index (χ0) is 17.4. The van der Waals surface area contributed by atoms with Crippen LogP contribution < -0.4 is 4.74 Å². The van der Waals surface area contributed by atoms with E-state index in [1.165, 1.54) is 27.3 Å². The van der Waals surface area contributed by atoms with Gasteiger partial charge in [0.25, 0.3) is 0 Å². The topological polar surface area (TPSA) is 102 Å². The number of hydrogen-bond donors (Lipinski definition) is 1. The number of ether oxygens (including phenoxy) is 2. The molecule has 2 rings (SSSR count). The second-order valence-corrected chi connectivity index (χ2v) is 5.23. The molecule has 0 saturated heterocycles. The molecule has 1 heterocycles. The normalized spacial score (nSPS) is 13.2. The van der Waals surface area contributed by atoms with E-state index in [9.17, 15) is 20.0 Å². The van der Waals surface area contributed by atoms with Crippen LogP contribution >= 0.6 is 0 Å². The van der Waals surface area contributed by atoms with Gasteiger partial charge in [0.2, 0.25) is 0 Å². The Hall–Kier alpha value is -3.01. The molecule has 1 aromatic heterocycles. The highest BCUT2D eigenvalue weighted by Gasteiger charge is 2.41. The lowest BCUT2D eigenvalue weighted by atomic mass is 9.81. The van der Waals surface area contributed by atoms with Gasteiger partial charge in [0.1, 0.15) is 5.75 Å². The van der Waals surface area contributed by atoms with Gasteiger partial charge in [0, 0.05) is 17.1 Å². The molecule has 0 bridgehead atoms. The summed E-state index contributed by atoms with van der Waals surface area (Å²) in [5.41, 5.74) is -0.289. The molecule has 2 aromatic rings. The number of rotatable bonds is 3. The van der Waals surface area contributed by atoms with Crippen molar-refractivity contribution in [2.75, 3.05) is 14.2 Å². The lowest BCUT2D eigenvalue weighted by molar-refractivity contribution is -0.144. The van der Waals surface area contributed by atoms with Gasteiger partial charge in [0.15, 0.2) is 5.41 Å². The van der Waals surface area contributed by atoms with Crippen molar-refractivity contribution in [2.24, 2.45) is 0 Å². The monoisotopic (exact) mass is 316 g/mol. The van der Waals surface area contributed by atoms with E-state index < -0.39 is 17.5 Å². The van der Waals surface area contributed by atoms with Crippen molar-refractivity contribution >= 4 is 23.0 Å². The van der Waals surface area contributed by atoms with Gasteiger partial charge in [0.05, 0.1) is 25.8 Å². The molecule has 1 unspecified atom stereocenters. The molecule has 0 fully saturated rings. The van der Waals surface area contributed by atoms with Gasteiger partial charge in [-0.3, -0.25) is 4.57 Å². The number of carbonyl (C=O) groups is 2. The van der Waals surface area contributed by atoms with Crippen LogP contribution in [0.25, 0.3) is 10.9 Å². The molecule has 0 amide bonds. The van der Waals surface area contributed by atoms with Gasteiger partial charge in [-0.1, -0.05) is 0 Å². The van der Waals surface area contributed by atoms with Crippen molar-refractivity contribution in [1.82, 2.24) is 4.57 Å². The first-order valence-electron chi connectivity index (χ1n) is 6.73. The van der Waals surface area contributed by atoms with Crippen LogP contribution in [0.2, 0.25) is 0 Å². The van der Waals surface area contributed by atoms with Crippen molar-refractivity contribution in [3.8, 4) is 11.8 Å². The molecular weight excluding hydrogens is 300 g/mol. The van der Waals surface area contributed by atoms with Gasteiger partial charge in [-0.25, -0.2) is 9.59 Å². The van der Waals surface area contributed by atoms with E-state index in [1.54, 1.807) is 19.1 Å². The Labute approximate surface area is 132 Å². The number of esters is 1. The maximum absolute atomic E-state index is 12.2. The standard InChI is InChI=1S/C16H16N2O5/c1-9-7-11(22-3)12(16(2,8-17)14(19)23-4)10-5-6-18(13(9)10)15(20)21/h5-7H,1-4H3,(H,20,21). The van der Waals surface area contributed by atoms with Crippen LogP contribution in [-0.2, 0) is 14.9 Å². The number of carboxylic acid groups (broad SMARTS) is 1. The third-order valence-electron chi connectivity index (χ3n) is 3.87. The fourth-order valence-corrected chi connectivity index (χ4v) is 2.75. The first kappa shape index (κ1) is 16.4. The summed E-state index contributed by atoms with van der Waals surface area (Å²) >= 11 is 0. The summed E-state index contributed by atoms with van der Waals surface area (Å²) in [5.74, 6) is -0.417. The Kier molecular flexibility index (Phi) is 4.02. The van der Waals surface area contributed by atoms with Crippen LogP contribution in [0.1, 0.15) is 18.1 Å². The number of nitriles is 1. The van der Waals surface area contributed by atoms with Crippen LogP contribution in [0.4, 0.5) is 4.79 Å². The van der Waals surface area contributed by atoms with Gasteiger partial charge in [-0.05, 0) is 31.5 Å². The molecule has 120 valence electrons. The van der Waals surface area contributed by atoms with Crippen molar-refractivity contribution in [3.05, 3.63) is 29.5 Å². The second-order valence-electron chi connectivity index (χ2n) is 5.23. The Morgan fingerprint density at radius 2 is 2.04 bits per heavy atom. The minimum Gasteiger partial charge on any atom is -0.496 e. The number of aromatic nitrogens is 1. The predicted octanol–water partition coefficient (Wildman–Crippen LogP) is 2.44. The van der Waals surface area contributed by atoms with Crippen LogP contribution in [0.5, 0.6) is 5.75 Å². The van der Waals surface area contributed by atoms with Gasteiger partial charge in [-0.15, -0.1) is 0 Å². The first-order chi connectivity index (χ1) is 10.8. The summed E-state index contributed by atoms with van der Waals surface area (Å²) in [6.07, 6.45) is 0.216. The molecule has 7 heteroatoms. The molecule has 0 aliphatic rings. The Morgan fingerprint density at radius 1 is 1.39 bits per heavy atom.